The molecule has 0 unspecified atom stereocenters. The smallest absolute Gasteiger partial charge is 0.237 e. The van der Waals surface area contributed by atoms with Crippen LogP contribution in [0.1, 0.15) is 27.7 Å². The van der Waals surface area contributed by atoms with Crippen LogP contribution in [0, 0.1) is 0 Å². The van der Waals surface area contributed by atoms with Gasteiger partial charge in [0.25, 0.3) is 0 Å². The molecule has 0 aromatic carbocycles. The van der Waals surface area contributed by atoms with Crippen molar-refractivity contribution in [3.05, 3.63) is 18.7 Å². The number of nitrogens with zero attached hydrogens (tertiary/aromatic N) is 5. The summed E-state index contributed by atoms with van der Waals surface area (Å²) in [6.45, 7) is 14.9. The average Bonchev–Trinajstić information content (AvgIpc) is 2.99. The van der Waals surface area contributed by atoms with Crippen molar-refractivity contribution >= 4 is 5.91 Å². The Balaban J connectivity index is 1.72. The summed E-state index contributed by atoms with van der Waals surface area (Å²) in [5.74, 6) is 0.252. The molecule has 0 bridgehead atoms. The summed E-state index contributed by atoms with van der Waals surface area (Å²) in [7, 11) is 0. The molecule has 1 aromatic rings. The topological polar surface area (TPSA) is 44.6 Å². The summed E-state index contributed by atoms with van der Waals surface area (Å²) in [6.07, 6.45) is 5.68. The molecule has 23 heavy (non-hydrogen) atoms. The Labute approximate surface area is 140 Å². The minimum atomic E-state index is 0.252. The van der Waals surface area contributed by atoms with Gasteiger partial charge in [0.2, 0.25) is 5.91 Å². The summed E-state index contributed by atoms with van der Waals surface area (Å²) in [5, 5.41) is 0. The Hall–Kier alpha value is -1.40. The fourth-order valence-corrected chi connectivity index (χ4v) is 3.29. The highest BCUT2D eigenvalue weighted by Gasteiger charge is 2.24. The van der Waals surface area contributed by atoms with Crippen LogP contribution in [0.5, 0.6) is 0 Å². The van der Waals surface area contributed by atoms with E-state index in [0.29, 0.717) is 6.54 Å². The molecule has 6 nitrogen and oxygen atoms in total. The standard InChI is InChI=1S/C17H31N5O/c1-15(2)22(16(3)4)17(23)13-20-10-7-19(8-11-20)9-12-21-6-5-18-14-21/h5-6,14-16H,7-13H2,1-4H3. The number of carbonyl (C=O) groups excluding carboxylic acids is 1. The van der Waals surface area contributed by atoms with Crippen molar-refractivity contribution in [1.82, 2.24) is 24.3 Å². The van der Waals surface area contributed by atoms with Gasteiger partial charge >= 0.3 is 0 Å². The van der Waals surface area contributed by atoms with Gasteiger partial charge in [-0.3, -0.25) is 14.6 Å². The van der Waals surface area contributed by atoms with Gasteiger partial charge in [0.15, 0.2) is 0 Å². The van der Waals surface area contributed by atoms with Crippen LogP contribution in [0.2, 0.25) is 0 Å². The molecular weight excluding hydrogens is 290 g/mol. The first-order valence-electron chi connectivity index (χ1n) is 8.69. The molecule has 2 heterocycles. The van der Waals surface area contributed by atoms with Gasteiger partial charge in [0.1, 0.15) is 0 Å². The third-order valence-corrected chi connectivity index (χ3v) is 4.46. The van der Waals surface area contributed by atoms with Crippen molar-refractivity contribution in [3.8, 4) is 0 Å². The second kappa shape index (κ2) is 8.45. The Bertz CT molecular complexity index is 455. The second-order valence-electron chi connectivity index (χ2n) is 6.91. The first kappa shape index (κ1) is 17.9. The number of aromatic nitrogens is 2. The van der Waals surface area contributed by atoms with Crippen LogP contribution in [0.25, 0.3) is 0 Å². The Morgan fingerprint density at radius 1 is 1.04 bits per heavy atom. The first-order chi connectivity index (χ1) is 11.0. The van der Waals surface area contributed by atoms with Gasteiger partial charge in [-0.05, 0) is 27.7 Å². The van der Waals surface area contributed by atoms with Crippen LogP contribution in [0.3, 0.4) is 0 Å². The molecule has 1 saturated heterocycles. The predicted octanol–water partition coefficient (Wildman–Crippen LogP) is 1.15. The van der Waals surface area contributed by atoms with Crippen molar-refractivity contribution in [2.24, 2.45) is 0 Å². The van der Waals surface area contributed by atoms with Crippen molar-refractivity contribution < 1.29 is 4.79 Å². The Morgan fingerprint density at radius 3 is 2.17 bits per heavy atom. The highest BCUT2D eigenvalue weighted by atomic mass is 16.2. The fraction of sp³-hybridized carbons (Fsp3) is 0.765. The molecule has 0 aliphatic carbocycles. The SMILES string of the molecule is CC(C)N(C(=O)CN1CCN(CCn2ccnc2)CC1)C(C)C. The minimum absolute atomic E-state index is 0.252. The Morgan fingerprint density at radius 2 is 1.65 bits per heavy atom. The molecule has 0 N–H and O–H groups in total. The second-order valence-corrected chi connectivity index (χ2v) is 6.91. The lowest BCUT2D eigenvalue weighted by Crippen LogP contribution is -2.52. The van der Waals surface area contributed by atoms with Crippen LogP contribution in [0.4, 0.5) is 0 Å². The lowest BCUT2D eigenvalue weighted by molar-refractivity contribution is -0.136. The van der Waals surface area contributed by atoms with Gasteiger partial charge in [-0.15, -0.1) is 0 Å². The highest BCUT2D eigenvalue weighted by molar-refractivity contribution is 5.78. The van der Waals surface area contributed by atoms with E-state index in [4.69, 9.17) is 0 Å². The number of hydrogen-bond acceptors (Lipinski definition) is 4. The number of hydrogen-bond donors (Lipinski definition) is 0. The number of imidazole rings is 1. The van der Waals surface area contributed by atoms with E-state index in [1.807, 2.05) is 23.6 Å². The number of amides is 1. The van der Waals surface area contributed by atoms with E-state index < -0.39 is 0 Å². The molecule has 1 aliphatic heterocycles. The van der Waals surface area contributed by atoms with Gasteiger partial charge in [-0.2, -0.15) is 0 Å². The molecule has 0 saturated carbocycles. The monoisotopic (exact) mass is 321 g/mol. The normalized spacial score (nSPS) is 17.1. The fourth-order valence-electron chi connectivity index (χ4n) is 3.29. The van der Waals surface area contributed by atoms with Gasteiger partial charge in [-0.1, -0.05) is 0 Å². The summed E-state index contributed by atoms with van der Waals surface area (Å²) < 4.78 is 2.11. The van der Waals surface area contributed by atoms with Crippen molar-refractivity contribution in [2.45, 2.75) is 46.3 Å². The summed E-state index contributed by atoms with van der Waals surface area (Å²) >= 11 is 0. The first-order valence-corrected chi connectivity index (χ1v) is 8.69. The zero-order valence-electron chi connectivity index (χ0n) is 15.0. The van der Waals surface area contributed by atoms with Crippen molar-refractivity contribution in [1.29, 1.82) is 0 Å². The van der Waals surface area contributed by atoms with Gasteiger partial charge in [0, 0.05) is 63.7 Å². The molecule has 130 valence electrons. The number of carbonyl (C=O) groups is 1. The average molecular weight is 321 g/mol. The van der Waals surface area contributed by atoms with Gasteiger partial charge in [0.05, 0.1) is 12.9 Å². The third kappa shape index (κ3) is 5.32. The van der Waals surface area contributed by atoms with Crippen LogP contribution in [-0.2, 0) is 11.3 Å². The summed E-state index contributed by atoms with van der Waals surface area (Å²) in [6, 6.07) is 0.526. The molecule has 0 atom stereocenters. The quantitative estimate of drug-likeness (QED) is 0.756. The molecule has 1 amide bonds. The Kier molecular flexibility index (Phi) is 6.59. The largest absolute Gasteiger partial charge is 0.337 e. The van der Waals surface area contributed by atoms with E-state index in [0.717, 1.165) is 39.3 Å². The minimum Gasteiger partial charge on any atom is -0.337 e. The maximum Gasteiger partial charge on any atom is 0.237 e. The molecule has 2 rings (SSSR count). The maximum atomic E-state index is 12.5. The maximum absolute atomic E-state index is 12.5. The molecule has 0 radical (unpaired) electrons. The molecule has 0 spiro atoms. The van der Waals surface area contributed by atoms with E-state index in [-0.39, 0.29) is 18.0 Å². The summed E-state index contributed by atoms with van der Waals surface area (Å²) in [5.41, 5.74) is 0. The number of piperazine rings is 1. The predicted molar refractivity (Wildman–Crippen MR) is 92.2 cm³/mol. The van der Waals surface area contributed by atoms with Crippen LogP contribution >= 0.6 is 0 Å². The van der Waals surface area contributed by atoms with E-state index in [1.165, 1.54) is 0 Å². The van der Waals surface area contributed by atoms with E-state index in [2.05, 4.69) is 47.0 Å². The molecule has 6 heteroatoms. The molecule has 1 aliphatic rings. The van der Waals surface area contributed by atoms with Crippen LogP contribution < -0.4 is 0 Å². The molecular formula is C17H31N5O. The van der Waals surface area contributed by atoms with E-state index >= 15 is 0 Å². The zero-order chi connectivity index (χ0) is 16.8. The van der Waals surface area contributed by atoms with Crippen LogP contribution in [-0.4, -0.2) is 81.5 Å². The molecule has 1 fully saturated rings. The lowest BCUT2D eigenvalue weighted by atomic mass is 10.2. The number of rotatable bonds is 7. The van der Waals surface area contributed by atoms with Crippen LogP contribution in [0.15, 0.2) is 18.7 Å². The summed E-state index contributed by atoms with van der Waals surface area (Å²) in [4.78, 5) is 23.3. The molecule has 1 aromatic heterocycles. The van der Waals surface area contributed by atoms with Crippen molar-refractivity contribution in [2.75, 3.05) is 39.3 Å². The van der Waals surface area contributed by atoms with E-state index in [9.17, 15) is 4.79 Å². The third-order valence-electron chi connectivity index (χ3n) is 4.46. The zero-order valence-corrected chi connectivity index (χ0v) is 15.0. The highest BCUT2D eigenvalue weighted by Crippen LogP contribution is 2.08. The van der Waals surface area contributed by atoms with Crippen molar-refractivity contribution in [3.63, 3.8) is 0 Å². The van der Waals surface area contributed by atoms with Gasteiger partial charge < -0.3 is 9.47 Å². The van der Waals surface area contributed by atoms with E-state index in [1.54, 1.807) is 0 Å². The van der Waals surface area contributed by atoms with Gasteiger partial charge in [-0.25, -0.2) is 4.98 Å². The lowest BCUT2D eigenvalue weighted by Gasteiger charge is -2.37.